The quantitative estimate of drug-likeness (QED) is 0.709. The van der Waals surface area contributed by atoms with Crippen molar-refractivity contribution in [1.29, 1.82) is 0 Å². The Morgan fingerprint density at radius 2 is 1.68 bits per heavy atom. The minimum atomic E-state index is -0.593. The molecule has 0 unspecified atom stereocenters. The summed E-state index contributed by atoms with van der Waals surface area (Å²) in [7, 11) is 0. The molecule has 5 heteroatoms. The van der Waals surface area contributed by atoms with Crippen LogP contribution in [0.15, 0.2) is 22.7 Å². The van der Waals surface area contributed by atoms with E-state index in [9.17, 15) is 8.78 Å². The second-order valence-electron chi connectivity index (χ2n) is 5.71. The van der Waals surface area contributed by atoms with Gasteiger partial charge in [-0.3, -0.25) is 0 Å². The Morgan fingerprint density at radius 3 is 2.27 bits per heavy atom. The molecule has 0 saturated heterocycles. The number of rotatable bonds is 8. The zero-order chi connectivity index (χ0) is 15.9. The van der Waals surface area contributed by atoms with Crippen LogP contribution in [0.3, 0.4) is 0 Å². The van der Waals surface area contributed by atoms with Crippen molar-refractivity contribution in [3.05, 3.63) is 47.1 Å². The topological polar surface area (TPSA) is 38.9 Å². The van der Waals surface area contributed by atoms with Crippen LogP contribution in [-0.2, 0) is 12.8 Å². The Hall–Kier alpha value is -1.78. The second kappa shape index (κ2) is 8.01. The van der Waals surface area contributed by atoms with E-state index in [0.717, 1.165) is 38.2 Å². The average Bonchev–Trinajstić information content (AvgIpc) is 2.85. The van der Waals surface area contributed by atoms with Crippen molar-refractivity contribution in [2.24, 2.45) is 5.92 Å². The molecule has 0 bridgehead atoms. The van der Waals surface area contributed by atoms with Crippen molar-refractivity contribution >= 4 is 0 Å². The second-order valence-corrected chi connectivity index (χ2v) is 5.71. The van der Waals surface area contributed by atoms with Crippen LogP contribution in [0.1, 0.15) is 56.8 Å². The van der Waals surface area contributed by atoms with Gasteiger partial charge in [-0.15, -0.1) is 0 Å². The van der Waals surface area contributed by atoms with E-state index >= 15 is 0 Å². The summed E-state index contributed by atoms with van der Waals surface area (Å²) >= 11 is 0. The van der Waals surface area contributed by atoms with E-state index in [0.29, 0.717) is 23.2 Å². The Labute approximate surface area is 129 Å². The first kappa shape index (κ1) is 16.6. The minimum Gasteiger partial charge on any atom is -0.339 e. The summed E-state index contributed by atoms with van der Waals surface area (Å²) in [4.78, 5) is 4.35. The lowest BCUT2D eigenvalue weighted by Gasteiger charge is -2.11. The third-order valence-electron chi connectivity index (χ3n) is 3.65. The van der Waals surface area contributed by atoms with Crippen molar-refractivity contribution in [3.63, 3.8) is 0 Å². The predicted octanol–water partition coefficient (Wildman–Crippen LogP) is 4.70. The Morgan fingerprint density at radius 1 is 1.05 bits per heavy atom. The van der Waals surface area contributed by atoms with Crippen molar-refractivity contribution < 1.29 is 13.3 Å². The zero-order valence-corrected chi connectivity index (χ0v) is 13.1. The van der Waals surface area contributed by atoms with Gasteiger partial charge in [0.1, 0.15) is 11.6 Å². The molecule has 0 N–H and O–H groups in total. The van der Waals surface area contributed by atoms with Crippen LogP contribution in [0.25, 0.3) is 0 Å². The Balaban J connectivity index is 2.01. The van der Waals surface area contributed by atoms with E-state index in [4.69, 9.17) is 4.52 Å². The molecule has 0 atom stereocenters. The highest BCUT2D eigenvalue weighted by Crippen LogP contribution is 2.19. The van der Waals surface area contributed by atoms with Gasteiger partial charge in [-0.05, 0) is 23.6 Å². The van der Waals surface area contributed by atoms with Crippen molar-refractivity contribution in [3.8, 4) is 0 Å². The predicted molar refractivity (Wildman–Crippen MR) is 80.5 cm³/mol. The molecule has 1 heterocycles. The maximum Gasteiger partial charge on any atom is 0.226 e. The molecule has 1 aromatic carbocycles. The molecule has 0 amide bonds. The van der Waals surface area contributed by atoms with Gasteiger partial charge in [0.15, 0.2) is 5.82 Å². The van der Waals surface area contributed by atoms with E-state index in [1.54, 1.807) is 0 Å². The van der Waals surface area contributed by atoms with Gasteiger partial charge in [0, 0.05) is 18.9 Å². The number of aromatic nitrogens is 2. The van der Waals surface area contributed by atoms with Gasteiger partial charge in [0.2, 0.25) is 5.89 Å². The molecule has 3 nitrogen and oxygen atoms in total. The van der Waals surface area contributed by atoms with E-state index in [-0.39, 0.29) is 6.42 Å². The number of benzene rings is 1. The van der Waals surface area contributed by atoms with Crippen LogP contribution < -0.4 is 0 Å². The fourth-order valence-electron chi connectivity index (χ4n) is 2.75. The van der Waals surface area contributed by atoms with Gasteiger partial charge in [0.25, 0.3) is 0 Å². The molecule has 0 radical (unpaired) electrons. The number of halogens is 2. The van der Waals surface area contributed by atoms with Crippen LogP contribution in [0.5, 0.6) is 0 Å². The summed E-state index contributed by atoms with van der Waals surface area (Å²) in [6, 6.07) is 3.43. The summed E-state index contributed by atoms with van der Waals surface area (Å²) in [6.07, 6.45) is 5.58. The molecule has 0 aliphatic heterocycles. The summed E-state index contributed by atoms with van der Waals surface area (Å²) in [6.45, 7) is 4.33. The van der Waals surface area contributed by atoms with Crippen molar-refractivity contribution in [1.82, 2.24) is 10.1 Å². The summed E-state index contributed by atoms with van der Waals surface area (Å²) in [5.41, 5.74) is 0.503. The SMILES string of the molecule is CCCC(CCC)Cc1nc(Cc2cc(F)cc(F)c2)no1. The van der Waals surface area contributed by atoms with E-state index in [1.807, 2.05) is 0 Å². The Bertz CT molecular complexity index is 572. The van der Waals surface area contributed by atoms with E-state index in [2.05, 4.69) is 24.0 Å². The molecule has 1 aromatic heterocycles. The number of hydrogen-bond donors (Lipinski definition) is 0. The lowest BCUT2D eigenvalue weighted by Crippen LogP contribution is -2.04. The summed E-state index contributed by atoms with van der Waals surface area (Å²) in [5.74, 6) is 0.440. The molecule has 120 valence electrons. The molecule has 0 aliphatic carbocycles. The van der Waals surface area contributed by atoms with Gasteiger partial charge >= 0.3 is 0 Å². The first-order valence-electron chi connectivity index (χ1n) is 7.87. The normalized spacial score (nSPS) is 11.3. The number of hydrogen-bond acceptors (Lipinski definition) is 3. The minimum absolute atomic E-state index is 0.268. The fraction of sp³-hybridized carbons (Fsp3) is 0.529. The first-order valence-corrected chi connectivity index (χ1v) is 7.87. The van der Waals surface area contributed by atoms with Crippen LogP contribution in [-0.4, -0.2) is 10.1 Å². The van der Waals surface area contributed by atoms with E-state index in [1.165, 1.54) is 12.1 Å². The van der Waals surface area contributed by atoms with Crippen LogP contribution >= 0.6 is 0 Å². The van der Waals surface area contributed by atoms with Gasteiger partial charge in [-0.2, -0.15) is 4.98 Å². The van der Waals surface area contributed by atoms with Crippen molar-refractivity contribution in [2.75, 3.05) is 0 Å². The highest BCUT2D eigenvalue weighted by Gasteiger charge is 2.14. The summed E-state index contributed by atoms with van der Waals surface area (Å²) < 4.78 is 31.6. The molecular formula is C17H22F2N2O. The van der Waals surface area contributed by atoms with Gasteiger partial charge in [0.05, 0.1) is 0 Å². The molecule has 2 rings (SSSR count). The van der Waals surface area contributed by atoms with Gasteiger partial charge in [-0.1, -0.05) is 44.7 Å². The molecule has 0 saturated carbocycles. The zero-order valence-electron chi connectivity index (χ0n) is 13.1. The average molecular weight is 308 g/mol. The highest BCUT2D eigenvalue weighted by atomic mass is 19.1. The van der Waals surface area contributed by atoms with Gasteiger partial charge in [-0.25, -0.2) is 8.78 Å². The monoisotopic (exact) mass is 308 g/mol. The molecule has 0 spiro atoms. The lowest BCUT2D eigenvalue weighted by atomic mass is 9.95. The van der Waals surface area contributed by atoms with Gasteiger partial charge < -0.3 is 4.52 Å². The van der Waals surface area contributed by atoms with Crippen molar-refractivity contribution in [2.45, 2.75) is 52.4 Å². The highest BCUT2D eigenvalue weighted by molar-refractivity contribution is 5.21. The first-order chi connectivity index (χ1) is 10.6. The molecule has 0 fully saturated rings. The molecular weight excluding hydrogens is 286 g/mol. The van der Waals surface area contributed by atoms with Crippen LogP contribution in [0.2, 0.25) is 0 Å². The van der Waals surface area contributed by atoms with Crippen LogP contribution in [0.4, 0.5) is 8.78 Å². The molecule has 22 heavy (non-hydrogen) atoms. The molecule has 0 aliphatic rings. The fourth-order valence-corrected chi connectivity index (χ4v) is 2.75. The third kappa shape index (κ3) is 4.90. The smallest absolute Gasteiger partial charge is 0.226 e. The Kier molecular flexibility index (Phi) is 6.04. The summed E-state index contributed by atoms with van der Waals surface area (Å²) in [5, 5.41) is 3.91. The number of nitrogens with zero attached hydrogens (tertiary/aromatic N) is 2. The standard InChI is InChI=1S/C17H22F2N2O/c1-3-5-12(6-4-2)10-17-20-16(21-22-17)9-13-7-14(18)11-15(19)8-13/h7-8,11-12H,3-6,9-10H2,1-2H3. The third-order valence-corrected chi connectivity index (χ3v) is 3.65. The maximum absolute atomic E-state index is 13.2. The maximum atomic E-state index is 13.2. The van der Waals surface area contributed by atoms with E-state index < -0.39 is 11.6 Å². The largest absolute Gasteiger partial charge is 0.339 e. The van der Waals surface area contributed by atoms with Crippen LogP contribution in [0, 0.1) is 17.6 Å². The lowest BCUT2D eigenvalue weighted by molar-refractivity contribution is 0.332. The molecule has 2 aromatic rings.